The lowest BCUT2D eigenvalue weighted by atomic mass is 9.74. The first kappa shape index (κ1) is 29.7. The number of hydrogen-bond donors (Lipinski definition) is 1. The number of rotatable bonds is 6. The van der Waals surface area contributed by atoms with Gasteiger partial charge in [-0.05, 0) is 66.6 Å². The van der Waals surface area contributed by atoms with Crippen molar-refractivity contribution in [1.82, 2.24) is 5.01 Å². The first-order valence-electron chi connectivity index (χ1n) is 11.9. The zero-order valence-electron chi connectivity index (χ0n) is 21.0. The summed E-state index contributed by atoms with van der Waals surface area (Å²) in [6, 6.07) is 13.3. The monoisotopic (exact) mass is 599 g/mol. The fourth-order valence-corrected chi connectivity index (χ4v) is 4.33. The van der Waals surface area contributed by atoms with Crippen molar-refractivity contribution in [2.24, 2.45) is 5.10 Å². The third-order valence-corrected chi connectivity index (χ3v) is 6.28. The highest BCUT2D eigenvalue weighted by Crippen LogP contribution is 2.39. The number of hydrogen-bond acceptors (Lipinski definition) is 5. The summed E-state index contributed by atoms with van der Waals surface area (Å²) in [5.74, 6) is -1.37. The van der Waals surface area contributed by atoms with Crippen LogP contribution in [-0.4, -0.2) is 42.2 Å². The van der Waals surface area contributed by atoms with Gasteiger partial charge in [0.15, 0.2) is 5.41 Å². The van der Waals surface area contributed by atoms with E-state index in [9.17, 15) is 35.9 Å². The van der Waals surface area contributed by atoms with Crippen molar-refractivity contribution in [2.45, 2.75) is 24.9 Å². The quantitative estimate of drug-likeness (QED) is 0.244. The van der Waals surface area contributed by atoms with Gasteiger partial charge in [-0.15, -0.1) is 13.2 Å². The predicted molar refractivity (Wildman–Crippen MR) is 137 cm³/mol. The van der Waals surface area contributed by atoms with Crippen molar-refractivity contribution in [1.29, 1.82) is 0 Å². The van der Waals surface area contributed by atoms with Crippen LogP contribution < -0.4 is 10.1 Å². The van der Waals surface area contributed by atoms with E-state index in [1.165, 1.54) is 24.3 Å². The largest absolute Gasteiger partial charge is 0.573 e. The highest BCUT2D eigenvalue weighted by atomic mass is 35.5. The summed E-state index contributed by atoms with van der Waals surface area (Å²) in [5, 5.41) is 8.06. The second-order valence-electron chi connectivity index (χ2n) is 8.72. The molecule has 3 aromatic carbocycles. The normalized spacial score (nSPS) is 17.2. The van der Waals surface area contributed by atoms with Crippen molar-refractivity contribution in [3.63, 3.8) is 0 Å². The third kappa shape index (κ3) is 6.56. The van der Waals surface area contributed by atoms with Crippen molar-refractivity contribution < 1.29 is 45.4 Å². The fourth-order valence-electron chi connectivity index (χ4n) is 4.20. The van der Waals surface area contributed by atoms with E-state index in [1.807, 2.05) is 0 Å². The van der Waals surface area contributed by atoms with Gasteiger partial charge in [0.2, 0.25) is 0 Å². The molecule has 3 aromatic rings. The average molecular weight is 600 g/mol. The Balaban J connectivity index is 1.74. The van der Waals surface area contributed by atoms with Gasteiger partial charge in [0, 0.05) is 10.7 Å². The maximum absolute atomic E-state index is 13.6. The Morgan fingerprint density at radius 1 is 0.951 bits per heavy atom. The Hall–Kier alpha value is -4.26. The molecule has 1 unspecified atom stereocenters. The van der Waals surface area contributed by atoms with Crippen LogP contribution in [0.2, 0.25) is 5.02 Å². The van der Waals surface area contributed by atoms with Gasteiger partial charge < -0.3 is 14.8 Å². The van der Waals surface area contributed by atoms with Crippen LogP contribution in [-0.2, 0) is 21.1 Å². The maximum Gasteiger partial charge on any atom is 0.573 e. The first-order chi connectivity index (χ1) is 19.2. The highest BCUT2D eigenvalue weighted by Gasteiger charge is 2.54. The number of nitrogens with one attached hydrogen (secondary N) is 1. The molecule has 0 saturated heterocycles. The number of amides is 2. The Kier molecular flexibility index (Phi) is 8.20. The Morgan fingerprint density at radius 3 is 2.10 bits per heavy atom. The SMILES string of the molecule is CCOC(=O)C1(c2ccc(C(F)(F)F)cc2)CN(C(=O)Nc2ccc(OC(F)(F)F)cc2)N=C1c1ccc(Cl)cc1. The second-order valence-corrected chi connectivity index (χ2v) is 9.15. The molecule has 1 atom stereocenters. The number of nitrogens with zero attached hydrogens (tertiary/aromatic N) is 2. The van der Waals surface area contributed by atoms with Gasteiger partial charge in [-0.1, -0.05) is 35.9 Å². The minimum atomic E-state index is -4.90. The number of hydrazone groups is 1. The smallest absolute Gasteiger partial charge is 0.465 e. The van der Waals surface area contributed by atoms with E-state index in [0.717, 1.165) is 53.5 Å². The lowest BCUT2D eigenvalue weighted by Gasteiger charge is -2.29. The molecule has 0 radical (unpaired) electrons. The van der Waals surface area contributed by atoms with Crippen LogP contribution in [0.25, 0.3) is 0 Å². The molecule has 1 N–H and O–H groups in total. The van der Waals surface area contributed by atoms with Crippen LogP contribution in [0.1, 0.15) is 23.6 Å². The van der Waals surface area contributed by atoms with E-state index in [0.29, 0.717) is 10.6 Å². The zero-order chi connectivity index (χ0) is 30.0. The van der Waals surface area contributed by atoms with Crippen molar-refractivity contribution in [2.75, 3.05) is 18.5 Å². The molecule has 0 fully saturated rings. The van der Waals surface area contributed by atoms with Crippen molar-refractivity contribution >= 4 is 35.0 Å². The van der Waals surface area contributed by atoms with Crippen molar-refractivity contribution in [3.05, 3.63) is 94.5 Å². The van der Waals surface area contributed by atoms with Gasteiger partial charge in [-0.25, -0.2) is 9.80 Å². The first-order valence-corrected chi connectivity index (χ1v) is 12.2. The van der Waals surface area contributed by atoms with E-state index in [1.54, 1.807) is 6.92 Å². The molecule has 0 aromatic heterocycles. The van der Waals surface area contributed by atoms with Crippen LogP contribution in [0.4, 0.5) is 36.8 Å². The Morgan fingerprint density at radius 2 is 1.56 bits per heavy atom. The second kappa shape index (κ2) is 11.3. The number of carbonyl (C=O) groups excluding carboxylic acids is 2. The molecule has 0 saturated carbocycles. The summed E-state index contributed by atoms with van der Waals surface area (Å²) in [5.41, 5.74) is -2.27. The lowest BCUT2D eigenvalue weighted by molar-refractivity contribution is -0.274. The number of esters is 1. The number of carbonyl (C=O) groups is 2. The number of halogens is 7. The molecular weight excluding hydrogens is 580 g/mol. The number of benzene rings is 3. The molecule has 1 aliphatic rings. The van der Waals surface area contributed by atoms with Gasteiger partial charge in [0.1, 0.15) is 5.75 Å². The zero-order valence-corrected chi connectivity index (χ0v) is 21.8. The van der Waals surface area contributed by atoms with E-state index < -0.39 is 47.8 Å². The van der Waals surface area contributed by atoms with E-state index in [4.69, 9.17) is 16.3 Å². The predicted octanol–water partition coefficient (Wildman–Crippen LogP) is 7.01. The molecule has 0 spiro atoms. The summed E-state index contributed by atoms with van der Waals surface area (Å²) in [7, 11) is 0. The van der Waals surface area contributed by atoms with Crippen LogP contribution in [0.15, 0.2) is 77.9 Å². The molecule has 14 heteroatoms. The summed E-state index contributed by atoms with van der Waals surface area (Å²) in [6.07, 6.45) is -9.53. The number of anilines is 1. The molecule has 2 amide bonds. The summed E-state index contributed by atoms with van der Waals surface area (Å²) in [4.78, 5) is 26.8. The average Bonchev–Trinajstić information content (AvgIpc) is 3.31. The highest BCUT2D eigenvalue weighted by molar-refractivity contribution is 6.31. The molecule has 41 heavy (non-hydrogen) atoms. The third-order valence-electron chi connectivity index (χ3n) is 6.03. The van der Waals surface area contributed by atoms with Crippen LogP contribution >= 0.6 is 11.6 Å². The van der Waals surface area contributed by atoms with E-state index in [2.05, 4.69) is 15.2 Å². The van der Waals surface area contributed by atoms with E-state index >= 15 is 0 Å². The summed E-state index contributed by atoms with van der Waals surface area (Å²) >= 11 is 6.01. The molecule has 1 heterocycles. The number of ether oxygens (including phenoxy) is 2. The lowest BCUT2D eigenvalue weighted by Crippen LogP contribution is -2.48. The molecule has 1 aliphatic heterocycles. The van der Waals surface area contributed by atoms with Gasteiger partial charge in [0.25, 0.3) is 0 Å². The van der Waals surface area contributed by atoms with Gasteiger partial charge in [-0.2, -0.15) is 18.3 Å². The van der Waals surface area contributed by atoms with Crippen LogP contribution in [0, 0.1) is 0 Å². The summed E-state index contributed by atoms with van der Waals surface area (Å²) in [6.45, 7) is 1.01. The topological polar surface area (TPSA) is 80.2 Å². The van der Waals surface area contributed by atoms with Gasteiger partial charge in [0.05, 0.1) is 24.4 Å². The molecule has 0 bridgehead atoms. The molecule has 0 aliphatic carbocycles. The maximum atomic E-state index is 13.6. The van der Waals surface area contributed by atoms with Crippen molar-refractivity contribution in [3.8, 4) is 5.75 Å². The van der Waals surface area contributed by atoms with Crippen LogP contribution in [0.5, 0.6) is 5.75 Å². The summed E-state index contributed by atoms with van der Waals surface area (Å²) < 4.78 is 86.3. The molecular formula is C27H20ClF6N3O4. The number of alkyl halides is 6. The molecule has 216 valence electrons. The minimum absolute atomic E-state index is 0.0106. The standard InChI is InChI=1S/C27H20ClF6N3O4/c1-2-40-23(38)25(17-5-7-18(8-6-17)26(29,30)31)15-37(36-22(25)16-3-9-19(28)10-4-16)24(39)35-20-11-13-21(14-12-20)41-27(32,33)34/h3-14H,2,15H2,1H3,(H,35,39). The Labute approximate surface area is 234 Å². The molecule has 7 nitrogen and oxygen atoms in total. The minimum Gasteiger partial charge on any atom is -0.465 e. The Bertz CT molecular complexity index is 1440. The van der Waals surface area contributed by atoms with Gasteiger partial charge in [-0.3, -0.25) is 4.79 Å². The number of urea groups is 1. The van der Waals surface area contributed by atoms with Crippen LogP contribution in [0.3, 0.4) is 0 Å². The van der Waals surface area contributed by atoms with Gasteiger partial charge >= 0.3 is 24.5 Å². The fraction of sp³-hybridized carbons (Fsp3) is 0.222. The van der Waals surface area contributed by atoms with E-state index in [-0.39, 0.29) is 23.6 Å². The molecule has 4 rings (SSSR count).